The van der Waals surface area contributed by atoms with Crippen molar-refractivity contribution in [3.63, 3.8) is 0 Å². The van der Waals surface area contributed by atoms with Crippen LogP contribution in [0.15, 0.2) is 58.3 Å². The van der Waals surface area contributed by atoms with E-state index in [4.69, 9.17) is 9.47 Å². The summed E-state index contributed by atoms with van der Waals surface area (Å²) in [6.45, 7) is 2.55. The Morgan fingerprint density at radius 3 is 2.48 bits per heavy atom. The fraction of sp³-hybridized carbons (Fsp3) is 0.211. The molecule has 0 saturated carbocycles. The molecule has 25 heavy (non-hydrogen) atoms. The SMILES string of the molecule is CCCOc1ccc(/C=C(\C#N)S(=O)(=O)c2ccccc2)cc1OC. The van der Waals surface area contributed by atoms with Gasteiger partial charge in [-0.1, -0.05) is 31.2 Å². The molecule has 0 unspecified atom stereocenters. The number of ether oxygens (including phenoxy) is 2. The summed E-state index contributed by atoms with van der Waals surface area (Å²) in [7, 11) is -2.36. The molecule has 0 saturated heterocycles. The van der Waals surface area contributed by atoms with E-state index in [0.717, 1.165) is 6.42 Å². The van der Waals surface area contributed by atoms with E-state index in [1.54, 1.807) is 42.5 Å². The van der Waals surface area contributed by atoms with E-state index in [1.807, 2.05) is 6.92 Å². The second-order valence-corrected chi connectivity index (χ2v) is 7.11. The van der Waals surface area contributed by atoms with E-state index in [2.05, 4.69) is 0 Å². The van der Waals surface area contributed by atoms with Gasteiger partial charge in [0.15, 0.2) is 11.5 Å². The number of hydrogen-bond acceptors (Lipinski definition) is 5. The molecule has 0 aliphatic carbocycles. The van der Waals surface area contributed by atoms with E-state index in [-0.39, 0.29) is 9.80 Å². The van der Waals surface area contributed by atoms with Crippen LogP contribution in [0.1, 0.15) is 18.9 Å². The van der Waals surface area contributed by atoms with Crippen LogP contribution in [0.4, 0.5) is 0 Å². The normalized spacial score (nSPS) is 11.6. The van der Waals surface area contributed by atoms with Gasteiger partial charge >= 0.3 is 0 Å². The molecule has 0 fully saturated rings. The summed E-state index contributed by atoms with van der Waals surface area (Å²) < 4.78 is 36.0. The predicted molar refractivity (Wildman–Crippen MR) is 96.0 cm³/mol. The van der Waals surface area contributed by atoms with Crippen molar-refractivity contribution >= 4 is 15.9 Å². The first-order chi connectivity index (χ1) is 12.0. The summed E-state index contributed by atoms with van der Waals surface area (Å²) >= 11 is 0. The third-order valence-corrected chi connectivity index (χ3v) is 5.08. The Bertz CT molecular complexity index is 897. The van der Waals surface area contributed by atoms with Gasteiger partial charge < -0.3 is 9.47 Å². The highest BCUT2D eigenvalue weighted by Gasteiger charge is 2.20. The molecule has 130 valence electrons. The molecule has 0 radical (unpaired) electrons. The first-order valence-electron chi connectivity index (χ1n) is 7.75. The number of rotatable bonds is 7. The van der Waals surface area contributed by atoms with Crippen LogP contribution in [0.3, 0.4) is 0 Å². The average Bonchev–Trinajstić information content (AvgIpc) is 2.65. The summed E-state index contributed by atoms with van der Waals surface area (Å²) in [5.41, 5.74) is 0.539. The molecule has 0 spiro atoms. The Hall–Kier alpha value is -2.78. The zero-order valence-electron chi connectivity index (χ0n) is 14.1. The van der Waals surface area contributed by atoms with Gasteiger partial charge in [0, 0.05) is 0 Å². The third-order valence-electron chi connectivity index (χ3n) is 3.40. The second-order valence-electron chi connectivity index (χ2n) is 5.20. The van der Waals surface area contributed by atoms with Crippen LogP contribution in [0.25, 0.3) is 6.08 Å². The van der Waals surface area contributed by atoms with E-state index in [0.29, 0.717) is 23.7 Å². The number of hydrogen-bond donors (Lipinski definition) is 0. The first-order valence-corrected chi connectivity index (χ1v) is 9.24. The molecular formula is C19H19NO4S. The van der Waals surface area contributed by atoms with Gasteiger partial charge in [-0.25, -0.2) is 8.42 Å². The lowest BCUT2D eigenvalue weighted by Gasteiger charge is -2.10. The molecular weight excluding hydrogens is 338 g/mol. The maximum absolute atomic E-state index is 12.6. The summed E-state index contributed by atoms with van der Waals surface area (Å²) in [6.07, 6.45) is 2.19. The number of methoxy groups -OCH3 is 1. The van der Waals surface area contributed by atoms with Crippen molar-refractivity contribution in [3.8, 4) is 17.6 Å². The van der Waals surface area contributed by atoms with Crippen molar-refractivity contribution in [1.29, 1.82) is 5.26 Å². The molecule has 0 N–H and O–H groups in total. The lowest BCUT2D eigenvalue weighted by atomic mass is 10.2. The van der Waals surface area contributed by atoms with E-state index >= 15 is 0 Å². The van der Waals surface area contributed by atoms with Crippen molar-refractivity contribution in [3.05, 3.63) is 59.0 Å². The Balaban J connectivity index is 2.42. The molecule has 0 heterocycles. The summed E-state index contributed by atoms with van der Waals surface area (Å²) in [5.74, 6) is 1.06. The Labute approximate surface area is 148 Å². The largest absolute Gasteiger partial charge is 0.493 e. The number of nitrogens with zero attached hydrogens (tertiary/aromatic N) is 1. The van der Waals surface area contributed by atoms with Crippen molar-refractivity contribution in [2.45, 2.75) is 18.2 Å². The third kappa shape index (κ3) is 4.40. The molecule has 0 aromatic heterocycles. The van der Waals surface area contributed by atoms with Gasteiger partial charge in [0.25, 0.3) is 0 Å². The van der Waals surface area contributed by atoms with Crippen LogP contribution < -0.4 is 9.47 Å². The van der Waals surface area contributed by atoms with Crippen molar-refractivity contribution in [2.75, 3.05) is 13.7 Å². The Morgan fingerprint density at radius 1 is 1.16 bits per heavy atom. The quantitative estimate of drug-likeness (QED) is 0.704. The van der Waals surface area contributed by atoms with Crippen molar-refractivity contribution in [2.24, 2.45) is 0 Å². The van der Waals surface area contributed by atoms with Gasteiger partial charge in [-0.2, -0.15) is 5.26 Å². The van der Waals surface area contributed by atoms with Crippen LogP contribution in [-0.4, -0.2) is 22.1 Å². The molecule has 5 nitrogen and oxygen atoms in total. The number of allylic oxidation sites excluding steroid dienone is 1. The van der Waals surface area contributed by atoms with Gasteiger partial charge in [0.2, 0.25) is 9.84 Å². The van der Waals surface area contributed by atoms with E-state index < -0.39 is 9.84 Å². The summed E-state index contributed by atoms with van der Waals surface area (Å²) in [4.78, 5) is -0.249. The monoisotopic (exact) mass is 357 g/mol. The Morgan fingerprint density at radius 2 is 1.88 bits per heavy atom. The fourth-order valence-corrected chi connectivity index (χ4v) is 3.33. The zero-order valence-corrected chi connectivity index (χ0v) is 14.9. The van der Waals surface area contributed by atoms with E-state index in [9.17, 15) is 13.7 Å². The molecule has 0 atom stereocenters. The van der Waals surface area contributed by atoms with Crippen LogP contribution in [0, 0.1) is 11.3 Å². The molecule has 0 aliphatic rings. The highest BCUT2D eigenvalue weighted by atomic mass is 32.2. The van der Waals surface area contributed by atoms with Gasteiger partial charge in [-0.15, -0.1) is 0 Å². The summed E-state index contributed by atoms with van der Waals surface area (Å²) in [6, 6.07) is 14.7. The van der Waals surface area contributed by atoms with Crippen LogP contribution >= 0.6 is 0 Å². The number of sulfone groups is 1. The molecule has 0 bridgehead atoms. The topological polar surface area (TPSA) is 76.4 Å². The zero-order chi connectivity index (χ0) is 18.3. The lowest BCUT2D eigenvalue weighted by Crippen LogP contribution is -2.03. The van der Waals surface area contributed by atoms with Crippen LogP contribution in [0.5, 0.6) is 11.5 Å². The van der Waals surface area contributed by atoms with Crippen LogP contribution in [-0.2, 0) is 9.84 Å². The highest BCUT2D eigenvalue weighted by Crippen LogP contribution is 2.30. The molecule has 2 aromatic carbocycles. The second kappa shape index (κ2) is 8.36. The standard InChI is InChI=1S/C19H19NO4S/c1-3-11-24-18-10-9-15(13-19(18)23-2)12-17(14-20)25(21,22)16-7-5-4-6-8-16/h4-10,12-13H,3,11H2,1-2H3/b17-12+. The Kier molecular flexibility index (Phi) is 6.20. The van der Waals surface area contributed by atoms with E-state index in [1.165, 1.54) is 25.3 Å². The highest BCUT2D eigenvalue weighted by molar-refractivity contribution is 7.95. The smallest absolute Gasteiger partial charge is 0.216 e. The average molecular weight is 357 g/mol. The molecule has 6 heteroatoms. The molecule has 2 aromatic rings. The lowest BCUT2D eigenvalue weighted by molar-refractivity contribution is 0.294. The maximum Gasteiger partial charge on any atom is 0.216 e. The number of nitriles is 1. The molecule has 2 rings (SSSR count). The van der Waals surface area contributed by atoms with Gasteiger partial charge in [0.1, 0.15) is 11.0 Å². The maximum atomic E-state index is 12.6. The van der Waals surface area contributed by atoms with Crippen molar-refractivity contribution < 1.29 is 17.9 Å². The van der Waals surface area contributed by atoms with Gasteiger partial charge in [-0.05, 0) is 42.3 Å². The number of benzene rings is 2. The minimum atomic E-state index is -3.87. The predicted octanol–water partition coefficient (Wildman–Crippen LogP) is 3.82. The minimum absolute atomic E-state index is 0.0812. The molecule has 0 amide bonds. The fourth-order valence-electron chi connectivity index (χ4n) is 2.15. The molecule has 0 aliphatic heterocycles. The van der Waals surface area contributed by atoms with Crippen LogP contribution in [0.2, 0.25) is 0 Å². The summed E-state index contributed by atoms with van der Waals surface area (Å²) in [5, 5.41) is 9.33. The van der Waals surface area contributed by atoms with Gasteiger partial charge in [-0.3, -0.25) is 0 Å². The first kappa shape index (κ1) is 18.6. The van der Waals surface area contributed by atoms with Gasteiger partial charge in [0.05, 0.1) is 18.6 Å². The minimum Gasteiger partial charge on any atom is -0.493 e. The van der Waals surface area contributed by atoms with Crippen molar-refractivity contribution in [1.82, 2.24) is 0 Å².